The molecule has 0 aromatic carbocycles. The van der Waals surface area contributed by atoms with Crippen LogP contribution >= 0.6 is 23.1 Å². The van der Waals surface area contributed by atoms with Gasteiger partial charge in [0.25, 0.3) is 0 Å². The van der Waals surface area contributed by atoms with E-state index < -0.39 is 0 Å². The summed E-state index contributed by atoms with van der Waals surface area (Å²) in [6.07, 6.45) is 2.33. The molecule has 0 aliphatic heterocycles. The molecule has 1 rings (SSSR count). The van der Waals surface area contributed by atoms with Crippen LogP contribution in [0.2, 0.25) is 0 Å². The molecule has 0 aliphatic carbocycles. The number of aryl methyl sites for hydroxylation is 1. The van der Waals surface area contributed by atoms with Crippen LogP contribution in [0.3, 0.4) is 0 Å². The van der Waals surface area contributed by atoms with E-state index in [9.17, 15) is 0 Å². The summed E-state index contributed by atoms with van der Waals surface area (Å²) in [5, 5.41) is 6.78. The van der Waals surface area contributed by atoms with Gasteiger partial charge in [0.05, 0.1) is 10.7 Å². The minimum Gasteiger partial charge on any atom is -0.316 e. The van der Waals surface area contributed by atoms with E-state index in [-0.39, 0.29) is 0 Å². The molecule has 0 atom stereocenters. The van der Waals surface area contributed by atoms with E-state index in [2.05, 4.69) is 29.5 Å². The highest BCUT2D eigenvalue weighted by molar-refractivity contribution is 7.99. The first-order valence-electron chi connectivity index (χ1n) is 5.52. The van der Waals surface area contributed by atoms with E-state index >= 15 is 0 Å². The van der Waals surface area contributed by atoms with E-state index in [1.54, 1.807) is 11.3 Å². The van der Waals surface area contributed by atoms with Crippen LogP contribution in [-0.2, 0) is 6.42 Å². The lowest BCUT2D eigenvalue weighted by molar-refractivity contribution is 0.669. The third kappa shape index (κ3) is 6.17. The predicted octanol–water partition coefficient (Wildman–Crippen LogP) is 2.73. The number of hydrogen-bond acceptors (Lipinski definition) is 4. The molecule has 86 valence electrons. The van der Waals surface area contributed by atoms with E-state index in [0.29, 0.717) is 0 Å². The van der Waals surface area contributed by atoms with Gasteiger partial charge in [-0.25, -0.2) is 4.98 Å². The van der Waals surface area contributed by atoms with Crippen LogP contribution in [0, 0.1) is 6.92 Å². The summed E-state index contributed by atoms with van der Waals surface area (Å²) in [5.41, 5.74) is 1.23. The van der Waals surface area contributed by atoms with Crippen molar-refractivity contribution in [2.45, 2.75) is 26.7 Å². The molecule has 1 aromatic heterocycles. The predicted molar refractivity (Wildman–Crippen MR) is 71.0 cm³/mol. The molecular formula is C11H20N2S2. The lowest BCUT2D eigenvalue weighted by Gasteiger charge is -2.02. The van der Waals surface area contributed by atoms with Crippen molar-refractivity contribution in [3.8, 4) is 0 Å². The van der Waals surface area contributed by atoms with Crippen molar-refractivity contribution < 1.29 is 0 Å². The number of aromatic nitrogens is 1. The Morgan fingerprint density at radius 2 is 2.33 bits per heavy atom. The second-order valence-electron chi connectivity index (χ2n) is 3.41. The SMILES string of the molecule is CCSCCCNCCc1csc(C)n1. The number of rotatable bonds is 8. The zero-order chi connectivity index (χ0) is 10.9. The van der Waals surface area contributed by atoms with Crippen LogP contribution in [0.15, 0.2) is 5.38 Å². The number of thiazole rings is 1. The van der Waals surface area contributed by atoms with Gasteiger partial charge in [0.2, 0.25) is 0 Å². The fourth-order valence-corrected chi connectivity index (χ4v) is 2.59. The maximum absolute atomic E-state index is 4.43. The number of nitrogens with one attached hydrogen (secondary N) is 1. The van der Waals surface area contributed by atoms with Crippen LogP contribution in [-0.4, -0.2) is 29.6 Å². The summed E-state index contributed by atoms with van der Waals surface area (Å²) < 4.78 is 0. The third-order valence-corrected chi connectivity index (χ3v) is 3.88. The average molecular weight is 244 g/mol. The Labute approximate surface area is 101 Å². The summed E-state index contributed by atoms with van der Waals surface area (Å²) >= 11 is 3.75. The van der Waals surface area contributed by atoms with Crippen molar-refractivity contribution in [1.82, 2.24) is 10.3 Å². The summed E-state index contributed by atoms with van der Waals surface area (Å²) in [6.45, 7) is 6.46. The van der Waals surface area contributed by atoms with Crippen LogP contribution in [0.4, 0.5) is 0 Å². The minimum atomic E-state index is 1.06. The molecular weight excluding hydrogens is 224 g/mol. The van der Waals surface area contributed by atoms with E-state index in [0.717, 1.165) is 19.5 Å². The largest absolute Gasteiger partial charge is 0.316 e. The van der Waals surface area contributed by atoms with Crippen molar-refractivity contribution >= 4 is 23.1 Å². The van der Waals surface area contributed by atoms with Gasteiger partial charge in [0.1, 0.15) is 0 Å². The van der Waals surface area contributed by atoms with Gasteiger partial charge in [0, 0.05) is 18.3 Å². The van der Waals surface area contributed by atoms with Crippen molar-refractivity contribution in [2.75, 3.05) is 24.6 Å². The molecule has 1 heterocycles. The molecule has 0 spiro atoms. The van der Waals surface area contributed by atoms with Gasteiger partial charge in [0.15, 0.2) is 0 Å². The zero-order valence-corrected chi connectivity index (χ0v) is 11.2. The van der Waals surface area contributed by atoms with Crippen LogP contribution in [0.25, 0.3) is 0 Å². The molecule has 0 bridgehead atoms. The van der Waals surface area contributed by atoms with Crippen molar-refractivity contribution in [3.05, 3.63) is 16.1 Å². The van der Waals surface area contributed by atoms with Gasteiger partial charge in [-0.1, -0.05) is 6.92 Å². The third-order valence-electron chi connectivity index (χ3n) is 2.07. The molecule has 0 unspecified atom stereocenters. The van der Waals surface area contributed by atoms with E-state index in [1.807, 2.05) is 11.8 Å². The highest BCUT2D eigenvalue weighted by Gasteiger charge is 1.97. The van der Waals surface area contributed by atoms with E-state index in [4.69, 9.17) is 0 Å². The molecule has 0 amide bonds. The van der Waals surface area contributed by atoms with Crippen molar-refractivity contribution in [2.24, 2.45) is 0 Å². The Morgan fingerprint density at radius 1 is 1.47 bits per heavy atom. The van der Waals surface area contributed by atoms with Crippen LogP contribution in [0.5, 0.6) is 0 Å². The maximum Gasteiger partial charge on any atom is 0.0897 e. The molecule has 1 N–H and O–H groups in total. The normalized spacial score (nSPS) is 10.8. The second kappa shape index (κ2) is 8.13. The first kappa shape index (κ1) is 13.0. The Bertz CT molecular complexity index is 261. The second-order valence-corrected chi connectivity index (χ2v) is 5.86. The molecule has 0 aliphatic rings. The standard InChI is InChI=1S/C11H20N2S2/c1-3-14-8-4-6-12-7-5-11-9-15-10(2)13-11/h9,12H,3-8H2,1-2H3. The van der Waals surface area contributed by atoms with Crippen molar-refractivity contribution in [1.29, 1.82) is 0 Å². The summed E-state index contributed by atoms with van der Waals surface area (Å²) in [5.74, 6) is 2.51. The van der Waals surface area contributed by atoms with Crippen molar-refractivity contribution in [3.63, 3.8) is 0 Å². The molecule has 1 aromatic rings. The number of thioether (sulfide) groups is 1. The summed E-state index contributed by atoms with van der Waals surface area (Å²) in [4.78, 5) is 4.43. The lowest BCUT2D eigenvalue weighted by atomic mass is 10.3. The lowest BCUT2D eigenvalue weighted by Crippen LogP contribution is -2.19. The molecule has 4 heteroatoms. The first-order chi connectivity index (χ1) is 7.33. The minimum absolute atomic E-state index is 1.06. The summed E-state index contributed by atoms with van der Waals surface area (Å²) in [7, 11) is 0. The molecule has 0 saturated heterocycles. The van der Waals surface area contributed by atoms with Crippen LogP contribution in [0.1, 0.15) is 24.0 Å². The smallest absolute Gasteiger partial charge is 0.0897 e. The molecule has 0 fully saturated rings. The van der Waals surface area contributed by atoms with Gasteiger partial charge in [-0.2, -0.15) is 11.8 Å². The monoisotopic (exact) mass is 244 g/mol. The van der Waals surface area contributed by atoms with Gasteiger partial charge >= 0.3 is 0 Å². The Balaban J connectivity index is 1.93. The quantitative estimate of drug-likeness (QED) is 0.712. The fraction of sp³-hybridized carbons (Fsp3) is 0.727. The van der Waals surface area contributed by atoms with Gasteiger partial charge in [-0.3, -0.25) is 0 Å². The number of nitrogens with zero attached hydrogens (tertiary/aromatic N) is 1. The van der Waals surface area contributed by atoms with Crippen LogP contribution < -0.4 is 5.32 Å². The zero-order valence-electron chi connectivity index (χ0n) is 9.58. The van der Waals surface area contributed by atoms with Gasteiger partial charge < -0.3 is 5.32 Å². The van der Waals surface area contributed by atoms with Gasteiger partial charge in [-0.05, 0) is 31.4 Å². The topological polar surface area (TPSA) is 24.9 Å². The Morgan fingerprint density at radius 3 is 3.00 bits per heavy atom. The average Bonchev–Trinajstić information content (AvgIpc) is 2.63. The Kier molecular flexibility index (Phi) is 7.05. The Hall–Kier alpha value is -0.0600. The molecule has 0 radical (unpaired) electrons. The van der Waals surface area contributed by atoms with Gasteiger partial charge in [-0.15, -0.1) is 11.3 Å². The number of hydrogen-bond donors (Lipinski definition) is 1. The fourth-order valence-electron chi connectivity index (χ4n) is 1.31. The molecule has 0 saturated carbocycles. The highest BCUT2D eigenvalue weighted by Crippen LogP contribution is 2.07. The first-order valence-corrected chi connectivity index (χ1v) is 7.56. The molecule has 2 nitrogen and oxygen atoms in total. The van der Waals surface area contributed by atoms with E-state index in [1.165, 1.54) is 28.6 Å². The maximum atomic E-state index is 4.43. The summed E-state index contributed by atoms with van der Waals surface area (Å²) in [6, 6.07) is 0. The highest BCUT2D eigenvalue weighted by atomic mass is 32.2. The molecule has 15 heavy (non-hydrogen) atoms.